The number of halogens is 3. The molecule has 146 valence electrons. The van der Waals surface area contributed by atoms with Gasteiger partial charge in [-0.2, -0.15) is 18.3 Å². The number of benzene rings is 1. The van der Waals surface area contributed by atoms with Crippen LogP contribution in [0, 0.1) is 0 Å². The standard InChI is InChI=1S/C18H16F3N5O2/c19-18(20,21)10-26-15(24-13-5-2-1-4-12(13)17(26)28)14-6-3-7-25(14)16(27)11-8-22-23-9-11/h1-2,4-5,8-9,14H,3,6-7,10H2,(H,22,23). The molecule has 1 aromatic carbocycles. The van der Waals surface area contributed by atoms with E-state index >= 15 is 0 Å². The molecule has 7 nitrogen and oxygen atoms in total. The number of hydrogen-bond acceptors (Lipinski definition) is 4. The van der Waals surface area contributed by atoms with Gasteiger partial charge in [-0.05, 0) is 25.0 Å². The third kappa shape index (κ3) is 3.25. The second-order valence-corrected chi connectivity index (χ2v) is 6.64. The molecule has 1 atom stereocenters. The summed E-state index contributed by atoms with van der Waals surface area (Å²) < 4.78 is 40.2. The lowest BCUT2D eigenvalue weighted by Gasteiger charge is -2.26. The van der Waals surface area contributed by atoms with E-state index in [0.29, 0.717) is 35.0 Å². The number of para-hydroxylation sites is 1. The number of nitrogens with one attached hydrogen (secondary N) is 1. The summed E-state index contributed by atoms with van der Waals surface area (Å²) in [6, 6.07) is 5.55. The van der Waals surface area contributed by atoms with Gasteiger partial charge in [0.25, 0.3) is 11.5 Å². The molecule has 28 heavy (non-hydrogen) atoms. The van der Waals surface area contributed by atoms with Gasteiger partial charge in [-0.15, -0.1) is 0 Å². The Bertz CT molecular complexity index is 1080. The molecule has 3 aromatic rings. The lowest BCUT2D eigenvalue weighted by Crippen LogP contribution is -2.37. The highest BCUT2D eigenvalue weighted by molar-refractivity contribution is 5.94. The van der Waals surface area contributed by atoms with Crippen molar-refractivity contribution in [1.29, 1.82) is 0 Å². The number of rotatable bonds is 3. The minimum Gasteiger partial charge on any atom is -0.328 e. The van der Waals surface area contributed by atoms with Crippen LogP contribution in [-0.2, 0) is 6.54 Å². The Morgan fingerprint density at radius 1 is 1.29 bits per heavy atom. The molecule has 1 aliphatic heterocycles. The van der Waals surface area contributed by atoms with Crippen LogP contribution in [0.15, 0.2) is 41.5 Å². The quantitative estimate of drug-likeness (QED) is 0.744. The number of aromatic nitrogens is 4. The van der Waals surface area contributed by atoms with Crippen LogP contribution in [-0.4, -0.2) is 43.3 Å². The molecule has 1 saturated heterocycles. The highest BCUT2D eigenvalue weighted by atomic mass is 19.4. The maximum atomic E-state index is 13.2. The highest BCUT2D eigenvalue weighted by Gasteiger charge is 2.37. The van der Waals surface area contributed by atoms with Gasteiger partial charge in [0.15, 0.2) is 0 Å². The first kappa shape index (κ1) is 18.2. The molecule has 0 spiro atoms. The van der Waals surface area contributed by atoms with Gasteiger partial charge in [-0.1, -0.05) is 12.1 Å². The fourth-order valence-electron chi connectivity index (χ4n) is 3.58. The zero-order chi connectivity index (χ0) is 19.9. The molecule has 1 amide bonds. The molecule has 10 heteroatoms. The van der Waals surface area contributed by atoms with Crippen LogP contribution < -0.4 is 5.56 Å². The van der Waals surface area contributed by atoms with E-state index in [0.717, 1.165) is 0 Å². The molecule has 0 bridgehead atoms. The largest absolute Gasteiger partial charge is 0.406 e. The van der Waals surface area contributed by atoms with E-state index in [-0.39, 0.29) is 17.1 Å². The summed E-state index contributed by atoms with van der Waals surface area (Å²) in [6.07, 6.45) is -0.793. The predicted octanol–water partition coefficient (Wildman–Crippen LogP) is 2.66. The van der Waals surface area contributed by atoms with Crippen LogP contribution in [0.3, 0.4) is 0 Å². The van der Waals surface area contributed by atoms with E-state index in [1.54, 1.807) is 18.2 Å². The molecule has 3 heterocycles. The third-order valence-corrected chi connectivity index (χ3v) is 4.79. The molecule has 0 aliphatic carbocycles. The predicted molar refractivity (Wildman–Crippen MR) is 93.7 cm³/mol. The first-order valence-corrected chi connectivity index (χ1v) is 8.71. The molecule has 0 radical (unpaired) electrons. The van der Waals surface area contributed by atoms with Crippen LogP contribution in [0.2, 0.25) is 0 Å². The average Bonchev–Trinajstić information content (AvgIpc) is 3.34. The monoisotopic (exact) mass is 391 g/mol. The molecule has 4 rings (SSSR count). The van der Waals surface area contributed by atoms with E-state index in [9.17, 15) is 22.8 Å². The van der Waals surface area contributed by atoms with Crippen molar-refractivity contribution in [1.82, 2.24) is 24.6 Å². The van der Waals surface area contributed by atoms with Crippen molar-refractivity contribution in [3.63, 3.8) is 0 Å². The normalized spacial score (nSPS) is 17.4. The zero-order valence-electron chi connectivity index (χ0n) is 14.6. The van der Waals surface area contributed by atoms with Gasteiger partial charge in [0.1, 0.15) is 12.4 Å². The number of likely N-dealkylation sites (tertiary alicyclic amines) is 1. The minimum atomic E-state index is -4.60. The maximum absolute atomic E-state index is 13.2. The minimum absolute atomic E-state index is 0.0460. The van der Waals surface area contributed by atoms with Gasteiger partial charge in [-0.25, -0.2) is 4.98 Å². The van der Waals surface area contributed by atoms with Crippen molar-refractivity contribution in [2.24, 2.45) is 0 Å². The molecule has 0 saturated carbocycles. The lowest BCUT2D eigenvalue weighted by molar-refractivity contribution is -0.141. The number of aromatic amines is 1. The van der Waals surface area contributed by atoms with Crippen LogP contribution >= 0.6 is 0 Å². The summed E-state index contributed by atoms with van der Waals surface area (Å²) in [6.45, 7) is -1.09. The average molecular weight is 391 g/mol. The van der Waals surface area contributed by atoms with Crippen molar-refractivity contribution < 1.29 is 18.0 Å². The first-order chi connectivity index (χ1) is 13.3. The SMILES string of the molecule is O=C(c1cn[nH]c1)N1CCCC1c1nc2ccccc2c(=O)n1CC(F)(F)F. The second kappa shape index (κ2) is 6.77. The van der Waals surface area contributed by atoms with Gasteiger partial charge in [0.05, 0.1) is 28.7 Å². The number of carbonyl (C=O) groups excluding carboxylic acids is 1. The number of nitrogens with zero attached hydrogens (tertiary/aromatic N) is 4. The lowest BCUT2D eigenvalue weighted by atomic mass is 10.1. The Kier molecular flexibility index (Phi) is 4.40. The maximum Gasteiger partial charge on any atom is 0.406 e. The van der Waals surface area contributed by atoms with Gasteiger partial charge >= 0.3 is 6.18 Å². The number of hydrogen-bond donors (Lipinski definition) is 1. The summed E-state index contributed by atoms with van der Waals surface area (Å²) >= 11 is 0. The number of amides is 1. The Labute approximate surface area is 156 Å². The van der Waals surface area contributed by atoms with Crippen molar-refractivity contribution >= 4 is 16.8 Å². The van der Waals surface area contributed by atoms with Gasteiger partial charge in [-0.3, -0.25) is 19.3 Å². The van der Waals surface area contributed by atoms with Crippen molar-refractivity contribution in [2.75, 3.05) is 6.54 Å². The summed E-state index contributed by atoms with van der Waals surface area (Å²) in [5.74, 6) is -0.410. The molecular formula is C18H16F3N5O2. The summed E-state index contributed by atoms with van der Waals surface area (Å²) in [7, 11) is 0. The number of fused-ring (bicyclic) bond motifs is 1. The molecular weight excluding hydrogens is 375 g/mol. The third-order valence-electron chi connectivity index (χ3n) is 4.79. The van der Waals surface area contributed by atoms with E-state index in [1.807, 2.05) is 0 Å². The number of alkyl halides is 3. The van der Waals surface area contributed by atoms with Crippen molar-refractivity contribution in [3.8, 4) is 0 Å². The fraction of sp³-hybridized carbons (Fsp3) is 0.333. The van der Waals surface area contributed by atoms with E-state index in [1.165, 1.54) is 23.4 Å². The molecule has 1 fully saturated rings. The molecule has 2 aromatic heterocycles. The van der Waals surface area contributed by atoms with Gasteiger partial charge in [0, 0.05) is 12.7 Å². The fourth-order valence-corrected chi connectivity index (χ4v) is 3.58. The van der Waals surface area contributed by atoms with Crippen LogP contribution in [0.1, 0.15) is 35.1 Å². The van der Waals surface area contributed by atoms with Crippen LogP contribution in [0.5, 0.6) is 0 Å². The summed E-state index contributed by atoms with van der Waals surface area (Å²) in [5, 5.41) is 6.40. The second-order valence-electron chi connectivity index (χ2n) is 6.64. The Morgan fingerprint density at radius 2 is 2.07 bits per heavy atom. The topological polar surface area (TPSA) is 83.9 Å². The van der Waals surface area contributed by atoms with Gasteiger partial charge < -0.3 is 4.90 Å². The Hall–Kier alpha value is -3.17. The smallest absolute Gasteiger partial charge is 0.328 e. The van der Waals surface area contributed by atoms with E-state index < -0.39 is 24.3 Å². The van der Waals surface area contributed by atoms with E-state index in [4.69, 9.17) is 0 Å². The Morgan fingerprint density at radius 3 is 2.79 bits per heavy atom. The molecule has 1 unspecified atom stereocenters. The van der Waals surface area contributed by atoms with Crippen molar-refractivity contribution in [2.45, 2.75) is 31.6 Å². The van der Waals surface area contributed by atoms with Crippen LogP contribution in [0.25, 0.3) is 10.9 Å². The van der Waals surface area contributed by atoms with Crippen LogP contribution in [0.4, 0.5) is 13.2 Å². The zero-order valence-corrected chi connectivity index (χ0v) is 14.6. The summed E-state index contributed by atoms with van der Waals surface area (Å²) in [4.78, 5) is 31.4. The number of carbonyl (C=O) groups is 1. The molecule has 1 N–H and O–H groups in total. The summed E-state index contributed by atoms with van der Waals surface area (Å²) in [5.41, 5.74) is -0.151. The van der Waals surface area contributed by atoms with Crippen molar-refractivity contribution in [3.05, 3.63) is 58.4 Å². The number of H-pyrrole nitrogens is 1. The first-order valence-electron chi connectivity index (χ1n) is 8.71. The Balaban J connectivity index is 1.85. The van der Waals surface area contributed by atoms with Gasteiger partial charge in [0.2, 0.25) is 0 Å². The molecule has 1 aliphatic rings. The highest BCUT2D eigenvalue weighted by Crippen LogP contribution is 2.33. The van der Waals surface area contributed by atoms with E-state index in [2.05, 4.69) is 15.2 Å².